The summed E-state index contributed by atoms with van der Waals surface area (Å²) in [5, 5.41) is 9.92. The summed E-state index contributed by atoms with van der Waals surface area (Å²) in [4.78, 5) is 15.5. The first-order chi connectivity index (χ1) is 9.24. The van der Waals surface area contributed by atoms with Crippen molar-refractivity contribution < 1.29 is 4.79 Å². The van der Waals surface area contributed by atoms with E-state index in [2.05, 4.69) is 10.2 Å². The Morgan fingerprint density at radius 3 is 2.79 bits per heavy atom. The van der Waals surface area contributed by atoms with Crippen molar-refractivity contribution in [2.45, 2.75) is 25.4 Å². The molecule has 2 aromatic rings. The number of nitrogens with zero attached hydrogens (tertiary/aromatic N) is 3. The van der Waals surface area contributed by atoms with Crippen molar-refractivity contribution in [3.8, 4) is 0 Å². The second-order valence-corrected chi connectivity index (χ2v) is 5.90. The molecule has 2 aromatic heterocycles. The Bertz CT molecular complexity index is 566. The fourth-order valence-electron chi connectivity index (χ4n) is 1.90. The molecule has 1 fully saturated rings. The number of thiophene rings is 1. The minimum atomic E-state index is -0.0694. The number of amides is 1. The standard InChI is InChI=1S/C13H12ClN3OS/c14-12-6-5-11(15-16-12)13(18)17(9-3-4-9)8-10-2-1-7-19-10/h1-2,5-7,9H,3-4,8H2. The van der Waals surface area contributed by atoms with E-state index in [9.17, 15) is 4.79 Å². The van der Waals surface area contributed by atoms with E-state index in [4.69, 9.17) is 11.6 Å². The van der Waals surface area contributed by atoms with E-state index in [1.54, 1.807) is 23.5 Å². The highest BCUT2D eigenvalue weighted by molar-refractivity contribution is 7.09. The zero-order valence-corrected chi connectivity index (χ0v) is 11.7. The minimum absolute atomic E-state index is 0.0694. The first kappa shape index (κ1) is 12.6. The van der Waals surface area contributed by atoms with Crippen LogP contribution in [0.15, 0.2) is 29.6 Å². The van der Waals surface area contributed by atoms with Gasteiger partial charge in [-0.1, -0.05) is 17.7 Å². The highest BCUT2D eigenvalue weighted by Crippen LogP contribution is 2.30. The van der Waals surface area contributed by atoms with E-state index < -0.39 is 0 Å². The van der Waals surface area contributed by atoms with Crippen LogP contribution < -0.4 is 0 Å². The lowest BCUT2D eigenvalue weighted by Crippen LogP contribution is -2.33. The molecule has 1 saturated carbocycles. The molecule has 6 heteroatoms. The van der Waals surface area contributed by atoms with E-state index in [-0.39, 0.29) is 5.91 Å². The first-order valence-corrected chi connectivity index (χ1v) is 7.32. The van der Waals surface area contributed by atoms with Crippen LogP contribution in [0.25, 0.3) is 0 Å². The predicted molar refractivity (Wildman–Crippen MR) is 74.3 cm³/mol. The van der Waals surface area contributed by atoms with Crippen molar-refractivity contribution in [1.29, 1.82) is 0 Å². The second-order valence-electron chi connectivity index (χ2n) is 4.48. The zero-order valence-electron chi connectivity index (χ0n) is 10.1. The van der Waals surface area contributed by atoms with Crippen LogP contribution in [-0.2, 0) is 6.54 Å². The van der Waals surface area contributed by atoms with Gasteiger partial charge in [0.15, 0.2) is 10.8 Å². The lowest BCUT2D eigenvalue weighted by Gasteiger charge is -2.21. The van der Waals surface area contributed by atoms with E-state index in [1.807, 2.05) is 22.4 Å². The zero-order chi connectivity index (χ0) is 13.2. The van der Waals surface area contributed by atoms with E-state index in [1.165, 1.54) is 4.88 Å². The van der Waals surface area contributed by atoms with Gasteiger partial charge in [0.05, 0.1) is 6.54 Å². The largest absolute Gasteiger partial charge is 0.329 e. The van der Waals surface area contributed by atoms with Gasteiger partial charge in [-0.15, -0.1) is 21.5 Å². The molecule has 0 aliphatic heterocycles. The van der Waals surface area contributed by atoms with Crippen LogP contribution >= 0.6 is 22.9 Å². The van der Waals surface area contributed by atoms with Crippen LogP contribution in [0.5, 0.6) is 0 Å². The Morgan fingerprint density at radius 1 is 1.37 bits per heavy atom. The Balaban J connectivity index is 1.79. The summed E-state index contributed by atoms with van der Waals surface area (Å²) in [7, 11) is 0. The molecule has 1 aliphatic rings. The van der Waals surface area contributed by atoms with Crippen LogP contribution in [0.4, 0.5) is 0 Å². The molecule has 4 nitrogen and oxygen atoms in total. The molecule has 0 atom stereocenters. The molecule has 2 heterocycles. The topological polar surface area (TPSA) is 46.1 Å². The third-order valence-electron chi connectivity index (χ3n) is 3.01. The van der Waals surface area contributed by atoms with Crippen LogP contribution in [0.2, 0.25) is 5.15 Å². The number of halogens is 1. The molecule has 0 unspecified atom stereocenters. The van der Waals surface area contributed by atoms with Gasteiger partial charge in [-0.3, -0.25) is 4.79 Å². The third-order valence-corrected chi connectivity index (χ3v) is 4.07. The fraction of sp³-hybridized carbons (Fsp3) is 0.308. The van der Waals surface area contributed by atoms with Crippen molar-refractivity contribution in [2.75, 3.05) is 0 Å². The molecule has 0 aromatic carbocycles. The maximum atomic E-state index is 12.4. The van der Waals surface area contributed by atoms with Crippen molar-refractivity contribution in [3.63, 3.8) is 0 Å². The fourth-order valence-corrected chi connectivity index (χ4v) is 2.70. The predicted octanol–water partition coefficient (Wildman–Crippen LogP) is 3.00. The summed E-state index contributed by atoms with van der Waals surface area (Å²) >= 11 is 7.35. The molecule has 0 N–H and O–H groups in total. The van der Waals surface area contributed by atoms with Crippen LogP contribution in [0, 0.1) is 0 Å². The highest BCUT2D eigenvalue weighted by Gasteiger charge is 2.33. The van der Waals surface area contributed by atoms with Gasteiger partial charge in [0.1, 0.15) is 0 Å². The van der Waals surface area contributed by atoms with Gasteiger partial charge in [0.25, 0.3) is 5.91 Å². The van der Waals surface area contributed by atoms with Crippen molar-refractivity contribution in [2.24, 2.45) is 0 Å². The molecule has 1 aliphatic carbocycles. The van der Waals surface area contributed by atoms with Gasteiger partial charge in [0.2, 0.25) is 0 Å². The summed E-state index contributed by atoms with van der Waals surface area (Å²) < 4.78 is 0. The summed E-state index contributed by atoms with van der Waals surface area (Å²) in [6, 6.07) is 7.60. The summed E-state index contributed by atoms with van der Waals surface area (Å²) in [5.74, 6) is -0.0694. The second kappa shape index (κ2) is 5.27. The van der Waals surface area contributed by atoms with E-state index in [0.29, 0.717) is 23.4 Å². The Kier molecular flexibility index (Phi) is 3.48. The molecule has 0 bridgehead atoms. The normalized spacial score (nSPS) is 14.4. The molecule has 98 valence electrons. The maximum Gasteiger partial charge on any atom is 0.274 e. The molecule has 0 radical (unpaired) electrons. The van der Waals surface area contributed by atoms with E-state index >= 15 is 0 Å². The lowest BCUT2D eigenvalue weighted by atomic mass is 10.3. The van der Waals surface area contributed by atoms with Gasteiger partial charge in [0, 0.05) is 10.9 Å². The molecule has 0 saturated heterocycles. The van der Waals surface area contributed by atoms with Crippen molar-refractivity contribution in [1.82, 2.24) is 15.1 Å². The van der Waals surface area contributed by atoms with Crippen LogP contribution in [0.1, 0.15) is 28.2 Å². The van der Waals surface area contributed by atoms with Gasteiger partial charge in [-0.25, -0.2) is 0 Å². The molecule has 3 rings (SSSR count). The smallest absolute Gasteiger partial charge is 0.274 e. The van der Waals surface area contributed by atoms with Crippen molar-refractivity contribution in [3.05, 3.63) is 45.4 Å². The number of aromatic nitrogens is 2. The number of rotatable bonds is 4. The van der Waals surface area contributed by atoms with E-state index in [0.717, 1.165) is 12.8 Å². The Labute approximate surface area is 120 Å². The summed E-state index contributed by atoms with van der Waals surface area (Å²) in [6.45, 7) is 0.644. The Hall–Kier alpha value is -1.46. The monoisotopic (exact) mass is 293 g/mol. The molecule has 1 amide bonds. The van der Waals surface area contributed by atoms with Gasteiger partial charge in [-0.2, -0.15) is 0 Å². The summed E-state index contributed by atoms with van der Waals surface area (Å²) in [6.07, 6.45) is 2.14. The molecule has 19 heavy (non-hydrogen) atoms. The molecular weight excluding hydrogens is 282 g/mol. The number of hydrogen-bond acceptors (Lipinski definition) is 4. The molecule has 0 spiro atoms. The van der Waals surface area contributed by atoms with Gasteiger partial charge >= 0.3 is 0 Å². The lowest BCUT2D eigenvalue weighted by molar-refractivity contribution is 0.0724. The maximum absolute atomic E-state index is 12.4. The van der Waals surface area contributed by atoms with Crippen LogP contribution in [-0.4, -0.2) is 27.0 Å². The number of carbonyl (C=O) groups is 1. The first-order valence-electron chi connectivity index (χ1n) is 6.06. The Morgan fingerprint density at radius 2 is 2.21 bits per heavy atom. The summed E-state index contributed by atoms with van der Waals surface area (Å²) in [5.41, 5.74) is 0.354. The number of hydrogen-bond donors (Lipinski definition) is 0. The van der Waals surface area contributed by atoms with Crippen LogP contribution in [0.3, 0.4) is 0 Å². The quantitative estimate of drug-likeness (QED) is 0.870. The SMILES string of the molecule is O=C(c1ccc(Cl)nn1)N(Cc1cccs1)C1CC1. The third kappa shape index (κ3) is 2.93. The minimum Gasteiger partial charge on any atom is -0.329 e. The molecular formula is C13H12ClN3OS. The van der Waals surface area contributed by atoms with Gasteiger partial charge in [-0.05, 0) is 36.4 Å². The average molecular weight is 294 g/mol. The van der Waals surface area contributed by atoms with Crippen molar-refractivity contribution >= 4 is 28.8 Å². The number of carbonyl (C=O) groups excluding carboxylic acids is 1. The van der Waals surface area contributed by atoms with Gasteiger partial charge < -0.3 is 4.90 Å². The highest BCUT2D eigenvalue weighted by atomic mass is 35.5. The average Bonchev–Trinajstić information content (AvgIpc) is 3.13.